The standard InChI is InChI=1S/C16H23BrN2.ClH/c1-13-2-3-14(15(17)10-13)11-19-9-6-16(12-19)4-7-18-8-5-16;/h2-3,10,18H,4-9,11-12H2,1H3;1H. The first-order valence-corrected chi connectivity index (χ1v) is 8.14. The lowest BCUT2D eigenvalue weighted by Crippen LogP contribution is -2.38. The summed E-state index contributed by atoms with van der Waals surface area (Å²) in [4.78, 5) is 2.64. The van der Waals surface area contributed by atoms with Crippen molar-refractivity contribution in [3.05, 3.63) is 33.8 Å². The maximum atomic E-state index is 3.71. The fraction of sp³-hybridized carbons (Fsp3) is 0.625. The molecule has 2 saturated heterocycles. The molecule has 1 N–H and O–H groups in total. The molecule has 1 aromatic carbocycles. The number of piperidine rings is 1. The number of halogens is 2. The van der Waals surface area contributed by atoms with Gasteiger partial charge in [0.1, 0.15) is 0 Å². The monoisotopic (exact) mass is 358 g/mol. The second-order valence-electron chi connectivity index (χ2n) is 6.31. The van der Waals surface area contributed by atoms with Crippen molar-refractivity contribution >= 4 is 28.3 Å². The van der Waals surface area contributed by atoms with Crippen molar-refractivity contribution in [2.24, 2.45) is 5.41 Å². The van der Waals surface area contributed by atoms with Gasteiger partial charge in [-0.1, -0.05) is 28.1 Å². The lowest BCUT2D eigenvalue weighted by molar-refractivity contribution is 0.194. The van der Waals surface area contributed by atoms with Gasteiger partial charge in [0.05, 0.1) is 0 Å². The predicted octanol–water partition coefficient (Wildman–Crippen LogP) is 3.75. The van der Waals surface area contributed by atoms with E-state index in [9.17, 15) is 0 Å². The zero-order valence-corrected chi connectivity index (χ0v) is 14.5. The molecule has 112 valence electrons. The van der Waals surface area contributed by atoms with Crippen LogP contribution in [-0.4, -0.2) is 31.1 Å². The predicted molar refractivity (Wildman–Crippen MR) is 90.6 cm³/mol. The van der Waals surface area contributed by atoms with E-state index in [4.69, 9.17) is 0 Å². The van der Waals surface area contributed by atoms with Crippen molar-refractivity contribution in [2.75, 3.05) is 26.2 Å². The molecule has 2 heterocycles. The third kappa shape index (κ3) is 3.56. The Morgan fingerprint density at radius 2 is 2.00 bits per heavy atom. The minimum Gasteiger partial charge on any atom is -0.317 e. The Morgan fingerprint density at radius 1 is 1.25 bits per heavy atom. The van der Waals surface area contributed by atoms with Gasteiger partial charge in [-0.2, -0.15) is 0 Å². The molecule has 2 aliphatic rings. The lowest BCUT2D eigenvalue weighted by Gasteiger charge is -2.34. The van der Waals surface area contributed by atoms with Gasteiger partial charge in [0.2, 0.25) is 0 Å². The third-order valence-corrected chi connectivity index (χ3v) is 5.52. The van der Waals surface area contributed by atoms with Gasteiger partial charge >= 0.3 is 0 Å². The molecule has 0 amide bonds. The van der Waals surface area contributed by atoms with Gasteiger partial charge in [0, 0.05) is 17.6 Å². The van der Waals surface area contributed by atoms with E-state index in [1.807, 2.05) is 0 Å². The molecule has 0 atom stereocenters. The van der Waals surface area contributed by atoms with Gasteiger partial charge in [-0.05, 0) is 68.4 Å². The summed E-state index contributed by atoms with van der Waals surface area (Å²) in [5.74, 6) is 0. The van der Waals surface area contributed by atoms with Gasteiger partial charge in [-0.3, -0.25) is 4.90 Å². The Morgan fingerprint density at radius 3 is 2.70 bits per heavy atom. The van der Waals surface area contributed by atoms with Crippen LogP contribution in [0.25, 0.3) is 0 Å². The number of nitrogens with zero attached hydrogens (tertiary/aromatic N) is 1. The largest absolute Gasteiger partial charge is 0.317 e. The second-order valence-corrected chi connectivity index (χ2v) is 7.16. The minimum absolute atomic E-state index is 0. The number of likely N-dealkylation sites (tertiary alicyclic amines) is 1. The molecule has 0 aromatic heterocycles. The normalized spacial score (nSPS) is 21.9. The zero-order valence-electron chi connectivity index (χ0n) is 12.1. The van der Waals surface area contributed by atoms with E-state index in [1.165, 1.54) is 61.0 Å². The maximum absolute atomic E-state index is 3.71. The fourth-order valence-corrected chi connectivity index (χ4v) is 4.17. The minimum atomic E-state index is 0. The molecule has 3 rings (SSSR count). The van der Waals surface area contributed by atoms with Crippen LogP contribution in [0.5, 0.6) is 0 Å². The molecule has 2 aliphatic heterocycles. The first-order chi connectivity index (χ1) is 9.17. The summed E-state index contributed by atoms with van der Waals surface area (Å²) in [6.07, 6.45) is 4.11. The quantitative estimate of drug-likeness (QED) is 0.865. The van der Waals surface area contributed by atoms with E-state index in [2.05, 4.69) is 51.3 Å². The highest BCUT2D eigenvalue weighted by Gasteiger charge is 2.38. The summed E-state index contributed by atoms with van der Waals surface area (Å²) in [5.41, 5.74) is 3.37. The number of rotatable bonds is 2. The van der Waals surface area contributed by atoms with Crippen LogP contribution in [0.15, 0.2) is 22.7 Å². The van der Waals surface area contributed by atoms with Crippen LogP contribution in [0.2, 0.25) is 0 Å². The average molecular weight is 360 g/mol. The average Bonchev–Trinajstić information content (AvgIpc) is 2.77. The highest BCUT2D eigenvalue weighted by Crippen LogP contribution is 2.39. The summed E-state index contributed by atoms with van der Waals surface area (Å²) in [6.45, 7) is 8.21. The first-order valence-electron chi connectivity index (χ1n) is 7.35. The number of nitrogens with one attached hydrogen (secondary N) is 1. The van der Waals surface area contributed by atoms with Crippen LogP contribution in [0.1, 0.15) is 30.4 Å². The highest BCUT2D eigenvalue weighted by molar-refractivity contribution is 9.10. The second kappa shape index (κ2) is 6.78. The van der Waals surface area contributed by atoms with Crippen LogP contribution in [0.3, 0.4) is 0 Å². The van der Waals surface area contributed by atoms with Gasteiger partial charge in [0.25, 0.3) is 0 Å². The molecule has 0 aliphatic carbocycles. The smallest absolute Gasteiger partial charge is 0.0245 e. The molecule has 2 nitrogen and oxygen atoms in total. The third-order valence-electron chi connectivity index (χ3n) is 4.78. The van der Waals surface area contributed by atoms with E-state index in [-0.39, 0.29) is 12.4 Å². The Balaban J connectivity index is 0.00000147. The van der Waals surface area contributed by atoms with E-state index in [1.54, 1.807) is 0 Å². The molecule has 4 heteroatoms. The van der Waals surface area contributed by atoms with Crippen molar-refractivity contribution in [1.82, 2.24) is 10.2 Å². The molecule has 0 unspecified atom stereocenters. The van der Waals surface area contributed by atoms with Gasteiger partial charge in [0.15, 0.2) is 0 Å². The Kier molecular flexibility index (Phi) is 5.52. The number of hydrogen-bond acceptors (Lipinski definition) is 2. The van der Waals surface area contributed by atoms with Gasteiger partial charge in [-0.15, -0.1) is 12.4 Å². The molecule has 2 fully saturated rings. The highest BCUT2D eigenvalue weighted by atomic mass is 79.9. The molecule has 1 spiro atoms. The van der Waals surface area contributed by atoms with Crippen molar-refractivity contribution in [2.45, 2.75) is 32.7 Å². The number of aryl methyl sites for hydroxylation is 1. The van der Waals surface area contributed by atoms with E-state index in [0.29, 0.717) is 5.41 Å². The van der Waals surface area contributed by atoms with Crippen molar-refractivity contribution in [3.63, 3.8) is 0 Å². The Bertz CT molecular complexity index is 458. The maximum Gasteiger partial charge on any atom is 0.0245 e. The first kappa shape index (κ1) is 16.3. The van der Waals surface area contributed by atoms with Gasteiger partial charge < -0.3 is 5.32 Å². The number of benzene rings is 1. The summed E-state index contributed by atoms with van der Waals surface area (Å²) in [6, 6.07) is 6.72. The summed E-state index contributed by atoms with van der Waals surface area (Å²) >= 11 is 3.71. The van der Waals surface area contributed by atoms with Crippen LogP contribution in [-0.2, 0) is 6.54 Å². The summed E-state index contributed by atoms with van der Waals surface area (Å²) in [5, 5.41) is 3.49. The van der Waals surface area contributed by atoms with Gasteiger partial charge in [-0.25, -0.2) is 0 Å². The molecule has 20 heavy (non-hydrogen) atoms. The van der Waals surface area contributed by atoms with Crippen LogP contribution >= 0.6 is 28.3 Å². The van der Waals surface area contributed by atoms with Crippen LogP contribution in [0.4, 0.5) is 0 Å². The van der Waals surface area contributed by atoms with E-state index >= 15 is 0 Å². The van der Waals surface area contributed by atoms with Crippen LogP contribution < -0.4 is 5.32 Å². The van der Waals surface area contributed by atoms with Crippen molar-refractivity contribution < 1.29 is 0 Å². The fourth-order valence-electron chi connectivity index (χ4n) is 3.55. The summed E-state index contributed by atoms with van der Waals surface area (Å²) in [7, 11) is 0. The molecule has 1 aromatic rings. The molecular weight excluding hydrogens is 336 g/mol. The Labute approximate surface area is 136 Å². The summed E-state index contributed by atoms with van der Waals surface area (Å²) < 4.78 is 1.26. The Hall–Kier alpha value is -0.0900. The molecule has 0 bridgehead atoms. The number of hydrogen-bond donors (Lipinski definition) is 1. The molecular formula is C16H24BrClN2. The van der Waals surface area contributed by atoms with Crippen LogP contribution in [0, 0.1) is 12.3 Å². The topological polar surface area (TPSA) is 15.3 Å². The van der Waals surface area contributed by atoms with E-state index in [0.717, 1.165) is 6.54 Å². The van der Waals surface area contributed by atoms with E-state index < -0.39 is 0 Å². The van der Waals surface area contributed by atoms with Crippen molar-refractivity contribution in [3.8, 4) is 0 Å². The molecule has 0 saturated carbocycles. The molecule has 0 radical (unpaired) electrons. The SMILES string of the molecule is Cc1ccc(CN2CCC3(CCNCC3)C2)c(Br)c1.Cl. The van der Waals surface area contributed by atoms with Crippen molar-refractivity contribution in [1.29, 1.82) is 0 Å². The lowest BCUT2D eigenvalue weighted by atomic mass is 9.78. The zero-order chi connectivity index (χ0) is 13.3.